The molecule has 0 aromatic heterocycles. The molecule has 2 aliphatic rings. The maximum atomic E-state index is 5.30. The quantitative estimate of drug-likeness (QED) is 0.563. The third-order valence-corrected chi connectivity index (χ3v) is 6.21. The van der Waals surface area contributed by atoms with Crippen LogP contribution in [0.25, 0.3) is 0 Å². The predicted octanol–water partition coefficient (Wildman–Crippen LogP) is 1.51. The van der Waals surface area contributed by atoms with Crippen molar-refractivity contribution in [2.24, 2.45) is 0 Å². The summed E-state index contributed by atoms with van der Waals surface area (Å²) < 4.78 is 15.3. The molecule has 4 nitrogen and oxygen atoms in total. The van der Waals surface area contributed by atoms with E-state index in [0.29, 0.717) is 0 Å². The fourth-order valence-corrected chi connectivity index (χ4v) is 5.42. The van der Waals surface area contributed by atoms with E-state index in [0.717, 1.165) is 52.6 Å². The summed E-state index contributed by atoms with van der Waals surface area (Å²) in [6.07, 6.45) is 0. The summed E-state index contributed by atoms with van der Waals surface area (Å²) in [5.41, 5.74) is 0. The number of hydrogen-bond donors (Lipinski definition) is 0. The fourth-order valence-electron chi connectivity index (χ4n) is 1.34. The Kier molecular flexibility index (Phi) is 5.98. The van der Waals surface area contributed by atoms with Gasteiger partial charge in [-0.3, -0.25) is 0 Å². The molecule has 0 spiro atoms. The van der Waals surface area contributed by atoms with Gasteiger partial charge in [0.1, 0.15) is 0 Å². The Balaban J connectivity index is 1.53. The maximum absolute atomic E-state index is 5.30. The molecular weight excluding hydrogens is 252 g/mol. The number of nitrogens with zero attached hydrogens (tertiary/aromatic N) is 2. The van der Waals surface area contributed by atoms with Crippen molar-refractivity contribution >= 4 is 31.8 Å². The second kappa shape index (κ2) is 7.26. The molecule has 0 aromatic carbocycles. The summed E-state index contributed by atoms with van der Waals surface area (Å²) in [4.78, 5) is 0. The van der Waals surface area contributed by atoms with Crippen molar-refractivity contribution in [2.45, 2.75) is 0 Å². The van der Waals surface area contributed by atoms with Crippen LogP contribution in [0.1, 0.15) is 0 Å². The summed E-state index contributed by atoms with van der Waals surface area (Å²) in [5.74, 6) is 0. The van der Waals surface area contributed by atoms with Crippen LogP contribution in [-0.2, 0) is 9.47 Å². The van der Waals surface area contributed by atoms with Crippen molar-refractivity contribution < 1.29 is 9.47 Å². The molecule has 15 heavy (non-hydrogen) atoms. The number of rotatable bonds is 4. The molecule has 88 valence electrons. The van der Waals surface area contributed by atoms with Crippen LogP contribution in [0.3, 0.4) is 0 Å². The van der Waals surface area contributed by atoms with E-state index < -0.39 is 0 Å². The highest BCUT2D eigenvalue weighted by Gasteiger charge is 2.14. The van der Waals surface area contributed by atoms with E-state index in [-0.39, 0.29) is 0 Å². The van der Waals surface area contributed by atoms with E-state index >= 15 is 0 Å². The molecule has 0 amide bonds. The molecular formula is C8H16N2O2S3. The highest BCUT2D eigenvalue weighted by Crippen LogP contribution is 2.39. The Bertz CT molecular complexity index is 157. The summed E-state index contributed by atoms with van der Waals surface area (Å²) in [6.45, 7) is 7.66. The maximum Gasteiger partial charge on any atom is 0.0603 e. The lowest BCUT2D eigenvalue weighted by Crippen LogP contribution is -2.31. The van der Waals surface area contributed by atoms with Crippen LogP contribution in [0.2, 0.25) is 0 Å². The first-order chi connectivity index (χ1) is 7.45. The summed E-state index contributed by atoms with van der Waals surface area (Å²) in [6, 6.07) is 0. The lowest BCUT2D eigenvalue weighted by Gasteiger charge is -2.27. The Hall–Kier alpha value is 0.890. The molecule has 0 aliphatic carbocycles. The zero-order chi connectivity index (χ0) is 10.3. The van der Waals surface area contributed by atoms with Crippen molar-refractivity contribution in [3.8, 4) is 0 Å². The van der Waals surface area contributed by atoms with Gasteiger partial charge in [0.25, 0.3) is 0 Å². The van der Waals surface area contributed by atoms with Crippen LogP contribution < -0.4 is 0 Å². The van der Waals surface area contributed by atoms with Crippen molar-refractivity contribution in [3.05, 3.63) is 0 Å². The molecule has 7 heteroatoms. The van der Waals surface area contributed by atoms with Crippen LogP contribution in [0, 0.1) is 0 Å². The molecule has 2 heterocycles. The van der Waals surface area contributed by atoms with Crippen molar-refractivity contribution in [1.29, 1.82) is 0 Å². The Morgan fingerprint density at radius 1 is 0.667 bits per heavy atom. The van der Waals surface area contributed by atoms with E-state index in [4.69, 9.17) is 9.47 Å². The normalized spacial score (nSPS) is 25.6. The minimum Gasteiger partial charge on any atom is -0.379 e. The van der Waals surface area contributed by atoms with Gasteiger partial charge >= 0.3 is 0 Å². The van der Waals surface area contributed by atoms with Crippen LogP contribution in [-0.4, -0.2) is 61.2 Å². The van der Waals surface area contributed by atoms with Crippen molar-refractivity contribution in [2.75, 3.05) is 52.6 Å². The Morgan fingerprint density at radius 2 is 1.07 bits per heavy atom. The summed E-state index contributed by atoms with van der Waals surface area (Å²) in [5, 5.41) is 0. The van der Waals surface area contributed by atoms with E-state index in [1.165, 1.54) is 0 Å². The average molecular weight is 268 g/mol. The molecule has 0 unspecified atom stereocenters. The van der Waals surface area contributed by atoms with Gasteiger partial charge < -0.3 is 9.47 Å². The van der Waals surface area contributed by atoms with Crippen molar-refractivity contribution in [1.82, 2.24) is 8.61 Å². The lowest BCUT2D eigenvalue weighted by molar-refractivity contribution is 0.0777. The van der Waals surface area contributed by atoms with Gasteiger partial charge in [-0.1, -0.05) is 0 Å². The van der Waals surface area contributed by atoms with E-state index in [9.17, 15) is 0 Å². The molecule has 0 bridgehead atoms. The van der Waals surface area contributed by atoms with Gasteiger partial charge in [0, 0.05) is 58.0 Å². The topological polar surface area (TPSA) is 24.9 Å². The molecule has 2 fully saturated rings. The van der Waals surface area contributed by atoms with Gasteiger partial charge in [0.2, 0.25) is 0 Å². The van der Waals surface area contributed by atoms with Gasteiger partial charge in [0.05, 0.1) is 26.4 Å². The van der Waals surface area contributed by atoms with Crippen LogP contribution in [0.15, 0.2) is 0 Å². The molecule has 2 rings (SSSR count). The zero-order valence-electron chi connectivity index (χ0n) is 8.59. The highest BCUT2D eigenvalue weighted by molar-refractivity contribution is 9.08. The molecule has 0 saturated carbocycles. The minimum atomic E-state index is 0.871. The largest absolute Gasteiger partial charge is 0.379 e. The second-order valence-corrected chi connectivity index (χ2v) is 7.29. The van der Waals surface area contributed by atoms with Gasteiger partial charge in [-0.15, -0.1) is 0 Å². The van der Waals surface area contributed by atoms with E-state index in [1.54, 1.807) is 0 Å². The third-order valence-electron chi connectivity index (χ3n) is 2.21. The summed E-state index contributed by atoms with van der Waals surface area (Å²) >= 11 is 0. The first-order valence-electron chi connectivity index (χ1n) is 5.12. The van der Waals surface area contributed by atoms with E-state index in [2.05, 4.69) is 8.61 Å². The average Bonchev–Trinajstić information content (AvgIpc) is 2.32. The van der Waals surface area contributed by atoms with Crippen LogP contribution >= 0.6 is 31.8 Å². The molecule has 2 saturated heterocycles. The SMILES string of the molecule is C1CN(SSSN2CCOCC2)CCO1. The lowest BCUT2D eigenvalue weighted by atomic mass is 10.5. The third kappa shape index (κ3) is 4.72. The molecule has 2 aliphatic heterocycles. The zero-order valence-corrected chi connectivity index (χ0v) is 11.0. The highest BCUT2D eigenvalue weighted by atomic mass is 33.5. The summed E-state index contributed by atoms with van der Waals surface area (Å²) in [7, 11) is 5.52. The smallest absolute Gasteiger partial charge is 0.0603 e. The predicted molar refractivity (Wildman–Crippen MR) is 67.6 cm³/mol. The van der Waals surface area contributed by atoms with Gasteiger partial charge in [0.15, 0.2) is 0 Å². The molecule has 0 aromatic rings. The molecule has 0 N–H and O–H groups in total. The monoisotopic (exact) mass is 268 g/mol. The first kappa shape index (κ1) is 12.3. The standard InChI is InChI=1S/C8H16N2O2S3/c1-5-11-6-2-9(1)13-15-14-10-3-7-12-8-4-10/h1-8H2. The second-order valence-electron chi connectivity index (χ2n) is 3.30. The Labute approximate surface area is 102 Å². The van der Waals surface area contributed by atoms with Crippen LogP contribution in [0.5, 0.6) is 0 Å². The molecule has 0 radical (unpaired) electrons. The minimum absolute atomic E-state index is 0.871. The molecule has 0 atom stereocenters. The van der Waals surface area contributed by atoms with Gasteiger partial charge in [-0.2, -0.15) is 0 Å². The number of morpholine rings is 2. The van der Waals surface area contributed by atoms with Crippen LogP contribution in [0.4, 0.5) is 0 Å². The van der Waals surface area contributed by atoms with Crippen molar-refractivity contribution in [3.63, 3.8) is 0 Å². The number of ether oxygens (including phenoxy) is 2. The first-order valence-corrected chi connectivity index (χ1v) is 8.52. The Morgan fingerprint density at radius 3 is 1.47 bits per heavy atom. The van der Waals surface area contributed by atoms with E-state index in [1.807, 2.05) is 31.8 Å². The van der Waals surface area contributed by atoms with Gasteiger partial charge in [-0.05, 0) is 0 Å². The van der Waals surface area contributed by atoms with Gasteiger partial charge in [-0.25, -0.2) is 8.61 Å². The fraction of sp³-hybridized carbons (Fsp3) is 1.00. The number of hydrogen-bond acceptors (Lipinski definition) is 7.